The van der Waals surface area contributed by atoms with Crippen LogP contribution in [-0.4, -0.2) is 12.1 Å². The van der Waals surface area contributed by atoms with Crippen molar-refractivity contribution in [3.05, 3.63) is 59.9 Å². The van der Waals surface area contributed by atoms with Gasteiger partial charge >= 0.3 is 0 Å². The third-order valence-electron chi connectivity index (χ3n) is 3.30. The highest BCUT2D eigenvalue weighted by Gasteiger charge is 2.05. The number of aromatic nitrogens is 1. The lowest BCUT2D eigenvalue weighted by molar-refractivity contribution is 0.414. The van der Waals surface area contributed by atoms with E-state index in [1.807, 2.05) is 24.5 Å². The molecule has 0 aliphatic rings. The van der Waals surface area contributed by atoms with Gasteiger partial charge < -0.3 is 4.74 Å². The maximum absolute atomic E-state index is 5.16. The number of benzene rings is 1. The van der Waals surface area contributed by atoms with Crippen LogP contribution in [-0.2, 0) is 6.42 Å². The van der Waals surface area contributed by atoms with Crippen LogP contribution in [0.4, 0.5) is 0 Å². The van der Waals surface area contributed by atoms with Crippen LogP contribution in [0, 0.1) is 0 Å². The molecule has 18 heavy (non-hydrogen) atoms. The Morgan fingerprint density at radius 3 is 2.33 bits per heavy atom. The minimum atomic E-state index is 0.565. The SMILES string of the molecule is COc1ccc(CCC(C)c2ccncc2)cc1. The fourth-order valence-corrected chi connectivity index (χ4v) is 2.03. The van der Waals surface area contributed by atoms with Gasteiger partial charge in [0.05, 0.1) is 7.11 Å². The van der Waals surface area contributed by atoms with Crippen molar-refractivity contribution < 1.29 is 4.74 Å². The van der Waals surface area contributed by atoms with E-state index in [0.717, 1.165) is 18.6 Å². The molecule has 2 nitrogen and oxygen atoms in total. The second kappa shape index (κ2) is 6.20. The fourth-order valence-electron chi connectivity index (χ4n) is 2.03. The van der Waals surface area contributed by atoms with Crippen LogP contribution in [0.1, 0.15) is 30.4 Å². The number of rotatable bonds is 5. The molecule has 1 atom stereocenters. The third-order valence-corrected chi connectivity index (χ3v) is 3.30. The van der Waals surface area contributed by atoms with Gasteiger partial charge in [-0.3, -0.25) is 4.98 Å². The zero-order valence-electron chi connectivity index (χ0n) is 11.0. The molecule has 1 heterocycles. The monoisotopic (exact) mass is 241 g/mol. The summed E-state index contributed by atoms with van der Waals surface area (Å²) in [4.78, 5) is 4.05. The number of pyridine rings is 1. The molecule has 0 N–H and O–H groups in total. The van der Waals surface area contributed by atoms with Crippen LogP contribution in [0.25, 0.3) is 0 Å². The predicted molar refractivity (Wildman–Crippen MR) is 74.0 cm³/mol. The van der Waals surface area contributed by atoms with Crippen molar-refractivity contribution in [3.8, 4) is 5.75 Å². The zero-order chi connectivity index (χ0) is 12.8. The van der Waals surface area contributed by atoms with E-state index in [0.29, 0.717) is 5.92 Å². The molecule has 0 spiro atoms. The molecular weight excluding hydrogens is 222 g/mol. The van der Waals surface area contributed by atoms with Crippen molar-refractivity contribution in [1.82, 2.24) is 4.98 Å². The molecule has 2 aromatic rings. The van der Waals surface area contributed by atoms with E-state index in [9.17, 15) is 0 Å². The molecule has 2 rings (SSSR count). The van der Waals surface area contributed by atoms with E-state index in [2.05, 4.69) is 36.2 Å². The van der Waals surface area contributed by atoms with Gasteiger partial charge in [0.2, 0.25) is 0 Å². The Morgan fingerprint density at radius 2 is 1.72 bits per heavy atom. The number of methoxy groups -OCH3 is 1. The first kappa shape index (κ1) is 12.6. The molecule has 0 saturated heterocycles. The largest absolute Gasteiger partial charge is 0.497 e. The Balaban J connectivity index is 1.91. The van der Waals surface area contributed by atoms with Crippen molar-refractivity contribution in [1.29, 1.82) is 0 Å². The van der Waals surface area contributed by atoms with E-state index < -0.39 is 0 Å². The van der Waals surface area contributed by atoms with E-state index in [-0.39, 0.29) is 0 Å². The summed E-state index contributed by atoms with van der Waals surface area (Å²) in [6, 6.07) is 12.5. The van der Waals surface area contributed by atoms with Gasteiger partial charge in [-0.1, -0.05) is 19.1 Å². The van der Waals surface area contributed by atoms with Crippen LogP contribution in [0.5, 0.6) is 5.75 Å². The van der Waals surface area contributed by atoms with Crippen molar-refractivity contribution in [2.24, 2.45) is 0 Å². The Kier molecular flexibility index (Phi) is 4.35. The van der Waals surface area contributed by atoms with Gasteiger partial charge in [-0.05, 0) is 54.2 Å². The lowest BCUT2D eigenvalue weighted by Gasteiger charge is -2.11. The average molecular weight is 241 g/mol. The quantitative estimate of drug-likeness (QED) is 0.793. The molecule has 0 aliphatic heterocycles. The average Bonchev–Trinajstić information content (AvgIpc) is 2.46. The minimum Gasteiger partial charge on any atom is -0.497 e. The Morgan fingerprint density at radius 1 is 1.06 bits per heavy atom. The Labute approximate surface area is 109 Å². The van der Waals surface area contributed by atoms with Crippen LogP contribution < -0.4 is 4.74 Å². The summed E-state index contributed by atoms with van der Waals surface area (Å²) in [5.74, 6) is 1.48. The molecule has 94 valence electrons. The van der Waals surface area contributed by atoms with Crippen molar-refractivity contribution in [3.63, 3.8) is 0 Å². The first-order chi connectivity index (χ1) is 8.79. The molecule has 0 bridgehead atoms. The van der Waals surface area contributed by atoms with Gasteiger partial charge in [-0.15, -0.1) is 0 Å². The first-order valence-corrected chi connectivity index (χ1v) is 6.32. The molecule has 1 unspecified atom stereocenters. The second-order valence-electron chi connectivity index (χ2n) is 4.57. The standard InChI is InChI=1S/C16H19NO/c1-13(15-9-11-17-12-10-15)3-4-14-5-7-16(18-2)8-6-14/h5-13H,3-4H2,1-2H3. The lowest BCUT2D eigenvalue weighted by Crippen LogP contribution is -1.96. The van der Waals surface area contributed by atoms with E-state index in [1.165, 1.54) is 11.1 Å². The molecule has 0 saturated carbocycles. The predicted octanol–water partition coefficient (Wildman–Crippen LogP) is 3.83. The van der Waals surface area contributed by atoms with Gasteiger partial charge in [-0.25, -0.2) is 0 Å². The number of nitrogens with zero attached hydrogens (tertiary/aromatic N) is 1. The highest BCUT2D eigenvalue weighted by atomic mass is 16.5. The molecule has 0 radical (unpaired) electrons. The molecule has 2 heteroatoms. The minimum absolute atomic E-state index is 0.565. The van der Waals surface area contributed by atoms with Crippen LogP contribution in [0.2, 0.25) is 0 Å². The maximum Gasteiger partial charge on any atom is 0.118 e. The molecule has 0 amide bonds. The summed E-state index contributed by atoms with van der Waals surface area (Å²) in [6.45, 7) is 2.26. The first-order valence-electron chi connectivity index (χ1n) is 6.32. The van der Waals surface area contributed by atoms with E-state index in [4.69, 9.17) is 4.74 Å². The molecule has 1 aromatic carbocycles. The second-order valence-corrected chi connectivity index (χ2v) is 4.57. The highest BCUT2D eigenvalue weighted by molar-refractivity contribution is 5.27. The molecule has 0 fully saturated rings. The summed E-state index contributed by atoms with van der Waals surface area (Å²) >= 11 is 0. The number of aryl methyl sites for hydroxylation is 1. The molecule has 0 aliphatic carbocycles. The van der Waals surface area contributed by atoms with E-state index >= 15 is 0 Å². The lowest BCUT2D eigenvalue weighted by atomic mass is 9.95. The third kappa shape index (κ3) is 3.33. The van der Waals surface area contributed by atoms with Crippen LogP contribution >= 0.6 is 0 Å². The topological polar surface area (TPSA) is 22.1 Å². The number of hydrogen-bond donors (Lipinski definition) is 0. The van der Waals surface area contributed by atoms with Gasteiger partial charge in [0.25, 0.3) is 0 Å². The van der Waals surface area contributed by atoms with Crippen molar-refractivity contribution >= 4 is 0 Å². The number of ether oxygens (including phenoxy) is 1. The summed E-state index contributed by atoms with van der Waals surface area (Å²) in [5, 5.41) is 0. The summed E-state index contributed by atoms with van der Waals surface area (Å²) < 4.78 is 5.16. The number of hydrogen-bond acceptors (Lipinski definition) is 2. The van der Waals surface area contributed by atoms with Gasteiger partial charge in [0, 0.05) is 12.4 Å². The Hall–Kier alpha value is -1.83. The fraction of sp³-hybridized carbons (Fsp3) is 0.312. The molecule has 1 aromatic heterocycles. The van der Waals surface area contributed by atoms with Crippen molar-refractivity contribution in [2.75, 3.05) is 7.11 Å². The van der Waals surface area contributed by atoms with Crippen molar-refractivity contribution in [2.45, 2.75) is 25.7 Å². The van der Waals surface area contributed by atoms with Crippen LogP contribution in [0.3, 0.4) is 0 Å². The molecular formula is C16H19NO. The highest BCUT2D eigenvalue weighted by Crippen LogP contribution is 2.21. The van der Waals surface area contributed by atoms with Crippen LogP contribution in [0.15, 0.2) is 48.8 Å². The van der Waals surface area contributed by atoms with E-state index in [1.54, 1.807) is 7.11 Å². The summed E-state index contributed by atoms with van der Waals surface area (Å²) in [7, 11) is 1.69. The smallest absolute Gasteiger partial charge is 0.118 e. The van der Waals surface area contributed by atoms with Gasteiger partial charge in [-0.2, -0.15) is 0 Å². The summed E-state index contributed by atoms with van der Waals surface area (Å²) in [6.07, 6.45) is 5.96. The maximum atomic E-state index is 5.16. The van der Waals surface area contributed by atoms with Gasteiger partial charge in [0.1, 0.15) is 5.75 Å². The van der Waals surface area contributed by atoms with Gasteiger partial charge in [0.15, 0.2) is 0 Å². The summed E-state index contributed by atoms with van der Waals surface area (Å²) in [5.41, 5.74) is 2.72. The Bertz CT molecular complexity index is 464. The normalized spacial score (nSPS) is 12.1. The zero-order valence-corrected chi connectivity index (χ0v) is 11.0.